The fraction of sp³-hybridized carbons (Fsp3) is 0.229. The minimum atomic E-state index is -0.203. The lowest BCUT2D eigenvalue weighted by Crippen LogP contribution is -2.61. The van der Waals surface area contributed by atoms with Crippen LogP contribution in [0.1, 0.15) is 104 Å². The molecule has 2 aromatic heterocycles. The molecule has 0 saturated heterocycles. The molecule has 1 aliphatic carbocycles. The fourth-order valence-electron chi connectivity index (χ4n) is 13.0. The molecule has 3 aliphatic rings. The Morgan fingerprint density at radius 3 is 1.75 bits per heavy atom. The van der Waals surface area contributed by atoms with E-state index in [4.69, 9.17) is 4.42 Å². The Hall–Kier alpha value is -7.34. The van der Waals surface area contributed by atoms with E-state index in [1.807, 2.05) is 11.3 Å². The van der Waals surface area contributed by atoms with Gasteiger partial charge in [-0.3, -0.25) is 0 Å². The lowest BCUT2D eigenvalue weighted by Gasteiger charge is -2.46. The molecule has 14 rings (SSSR count). The smallest absolute Gasteiger partial charge is 0.333 e. The average Bonchev–Trinajstić information content (AvgIpc) is 4.14. The topological polar surface area (TPSA) is 19.6 Å². The number of furan rings is 1. The van der Waals surface area contributed by atoms with Crippen LogP contribution in [0.15, 0.2) is 180 Å². The van der Waals surface area contributed by atoms with Gasteiger partial charge in [-0.25, -0.2) is 0 Å². The number of hydrogen-bond acceptors (Lipinski definition) is 4. The highest BCUT2D eigenvalue weighted by Gasteiger charge is 2.48. The number of thiophene rings is 1. The van der Waals surface area contributed by atoms with E-state index in [-0.39, 0.29) is 28.5 Å². The molecule has 368 valence electrons. The maximum atomic E-state index is 7.33. The zero-order chi connectivity index (χ0) is 51.5. The number of nitrogens with zero attached hydrogens (tertiary/aromatic N) is 2. The Labute approximate surface area is 446 Å². The molecule has 5 heteroatoms. The van der Waals surface area contributed by atoms with Gasteiger partial charge in [0.1, 0.15) is 5.58 Å². The van der Waals surface area contributed by atoms with Crippen molar-refractivity contribution in [2.45, 2.75) is 104 Å². The molecule has 2 aliphatic heterocycles. The molecule has 0 N–H and O–H groups in total. The molecule has 11 aromatic rings. The van der Waals surface area contributed by atoms with Gasteiger partial charge >= 0.3 is 6.85 Å². The normalized spacial score (nSPS) is 15.6. The SMILES string of the molecule is CC(C)(C)c1ccc2c(c1)B1c3c(cc4c(oc5ccccc54)c3N2c2ccc(C(C)(C)C)cc2-c2ccccc2)-c2cc3c(cc2N1c1ccc(-c2ccccc2)cc1)sc1cc2c(cc13)C(C)(C)CCC2(C)C. The summed E-state index contributed by atoms with van der Waals surface area (Å²) in [5.41, 5.74) is 23.1. The minimum Gasteiger partial charge on any atom is -0.454 e. The Balaban J connectivity index is 1.14. The van der Waals surface area contributed by atoms with Crippen molar-refractivity contribution in [3.63, 3.8) is 0 Å². The van der Waals surface area contributed by atoms with Gasteiger partial charge in [-0.1, -0.05) is 178 Å². The lowest BCUT2D eigenvalue weighted by atomic mass is 9.43. The summed E-state index contributed by atoms with van der Waals surface area (Å²) in [4.78, 5) is 5.28. The number of fused-ring (bicyclic) bond motifs is 12. The van der Waals surface area contributed by atoms with Crippen LogP contribution in [0, 0.1) is 0 Å². The zero-order valence-corrected chi connectivity index (χ0v) is 45.8. The Bertz CT molecular complexity index is 4150. The lowest BCUT2D eigenvalue weighted by molar-refractivity contribution is 0.332. The van der Waals surface area contributed by atoms with E-state index in [2.05, 4.69) is 255 Å². The monoisotopic (exact) mass is 990 g/mol. The summed E-state index contributed by atoms with van der Waals surface area (Å²) in [7, 11) is 0. The summed E-state index contributed by atoms with van der Waals surface area (Å²) in [6, 6.07) is 67.1. The van der Waals surface area contributed by atoms with Crippen LogP contribution in [0.2, 0.25) is 0 Å². The number of benzene rings is 9. The van der Waals surface area contributed by atoms with Crippen LogP contribution in [-0.4, -0.2) is 6.85 Å². The van der Waals surface area contributed by atoms with Crippen LogP contribution in [-0.2, 0) is 21.7 Å². The van der Waals surface area contributed by atoms with Crippen molar-refractivity contribution in [2.24, 2.45) is 0 Å². The second-order valence-corrected chi connectivity index (χ2v) is 26.3. The molecule has 0 fully saturated rings. The van der Waals surface area contributed by atoms with Gasteiger partial charge in [0, 0.05) is 59.1 Å². The standard InChI is InChI=1S/C70H63BN2OS/c1-67(2,3)45-27-31-58(49(35-45)44-21-15-12-16-22-44)72-59-32-28-46(68(4,5)6)36-57(59)71-64-53(38-54-48-23-17-18-24-61(48)74-66(54)65(64)72)50-37-51-52-39-55-56(70(9,10)34-33-69(55,7)8)40-62(52)75-63(51)41-60(50)73(71)47-29-25-43(26-30-47)42-19-13-11-14-20-42/h11-32,35-41H,33-34H2,1-10H3. The van der Waals surface area contributed by atoms with E-state index in [1.165, 1.54) is 105 Å². The minimum absolute atomic E-state index is 0.0603. The van der Waals surface area contributed by atoms with Crippen molar-refractivity contribution in [3.8, 4) is 33.4 Å². The Kier molecular flexibility index (Phi) is 9.91. The van der Waals surface area contributed by atoms with Crippen molar-refractivity contribution >= 4 is 99.7 Å². The third-order valence-corrected chi connectivity index (χ3v) is 18.5. The van der Waals surface area contributed by atoms with Crippen molar-refractivity contribution < 1.29 is 4.42 Å². The first-order chi connectivity index (χ1) is 35.9. The first-order valence-electron chi connectivity index (χ1n) is 27.1. The number of rotatable bonds is 4. The van der Waals surface area contributed by atoms with Gasteiger partial charge in [-0.15, -0.1) is 11.3 Å². The van der Waals surface area contributed by atoms with Crippen LogP contribution >= 0.6 is 11.3 Å². The number of para-hydroxylation sites is 1. The highest BCUT2D eigenvalue weighted by atomic mass is 32.1. The molecule has 75 heavy (non-hydrogen) atoms. The summed E-state index contributed by atoms with van der Waals surface area (Å²) >= 11 is 1.96. The largest absolute Gasteiger partial charge is 0.454 e. The van der Waals surface area contributed by atoms with Gasteiger partial charge in [0.05, 0.1) is 11.4 Å². The van der Waals surface area contributed by atoms with Gasteiger partial charge in [-0.05, 0) is 157 Å². The first kappa shape index (κ1) is 46.2. The van der Waals surface area contributed by atoms with E-state index < -0.39 is 0 Å². The number of anilines is 5. The van der Waals surface area contributed by atoms with Crippen LogP contribution in [0.4, 0.5) is 28.4 Å². The molecule has 0 atom stereocenters. The fourth-order valence-corrected chi connectivity index (χ4v) is 14.2. The third-order valence-electron chi connectivity index (χ3n) is 17.4. The van der Waals surface area contributed by atoms with Gasteiger partial charge in [0.2, 0.25) is 0 Å². The average molecular weight is 991 g/mol. The van der Waals surface area contributed by atoms with Crippen LogP contribution in [0.5, 0.6) is 0 Å². The molecule has 9 aromatic carbocycles. The maximum absolute atomic E-state index is 7.33. The molecule has 3 nitrogen and oxygen atoms in total. The molecule has 0 spiro atoms. The second kappa shape index (κ2) is 16.1. The maximum Gasteiger partial charge on any atom is 0.333 e. The Morgan fingerprint density at radius 2 is 1.05 bits per heavy atom. The van der Waals surface area contributed by atoms with Crippen molar-refractivity contribution in [3.05, 3.63) is 198 Å². The van der Waals surface area contributed by atoms with Gasteiger partial charge in [0.15, 0.2) is 5.58 Å². The molecule has 0 bridgehead atoms. The van der Waals surface area contributed by atoms with Crippen molar-refractivity contribution in [1.82, 2.24) is 0 Å². The zero-order valence-electron chi connectivity index (χ0n) is 44.9. The Morgan fingerprint density at radius 1 is 0.480 bits per heavy atom. The van der Waals surface area contributed by atoms with E-state index in [1.54, 1.807) is 0 Å². The van der Waals surface area contributed by atoms with E-state index in [9.17, 15) is 0 Å². The molecular formula is C70H63BN2OS. The molecule has 4 heterocycles. The molecule has 0 unspecified atom stereocenters. The molecule has 0 radical (unpaired) electrons. The summed E-state index contributed by atoms with van der Waals surface area (Å²) in [6.45, 7) is 23.6. The quantitative estimate of drug-likeness (QED) is 0.164. The predicted molar refractivity (Wildman–Crippen MR) is 324 cm³/mol. The van der Waals surface area contributed by atoms with Gasteiger partial charge in [-0.2, -0.15) is 0 Å². The summed E-state index contributed by atoms with van der Waals surface area (Å²) in [6.07, 6.45) is 2.37. The van der Waals surface area contributed by atoms with Crippen molar-refractivity contribution in [1.29, 1.82) is 0 Å². The van der Waals surface area contributed by atoms with Crippen LogP contribution in [0.3, 0.4) is 0 Å². The van der Waals surface area contributed by atoms with Crippen molar-refractivity contribution in [2.75, 3.05) is 9.71 Å². The first-order valence-corrected chi connectivity index (χ1v) is 27.9. The second-order valence-electron chi connectivity index (χ2n) is 25.2. The summed E-state index contributed by atoms with van der Waals surface area (Å²) in [5, 5.41) is 4.94. The highest BCUT2D eigenvalue weighted by Crippen LogP contribution is 2.55. The van der Waals surface area contributed by atoms with E-state index >= 15 is 0 Å². The predicted octanol–water partition coefficient (Wildman–Crippen LogP) is 18.9. The molecular weight excluding hydrogens is 928 g/mol. The van der Waals surface area contributed by atoms with Crippen LogP contribution < -0.4 is 20.6 Å². The highest BCUT2D eigenvalue weighted by molar-refractivity contribution is 7.26. The van der Waals surface area contributed by atoms with E-state index in [0.29, 0.717) is 0 Å². The van der Waals surface area contributed by atoms with E-state index in [0.717, 1.165) is 44.7 Å². The van der Waals surface area contributed by atoms with Gasteiger partial charge in [0.25, 0.3) is 0 Å². The summed E-state index contributed by atoms with van der Waals surface area (Å²) in [5.74, 6) is 0. The number of hydrogen-bond donors (Lipinski definition) is 0. The molecule has 0 amide bonds. The van der Waals surface area contributed by atoms with Gasteiger partial charge < -0.3 is 14.1 Å². The van der Waals surface area contributed by atoms with Crippen LogP contribution in [0.25, 0.3) is 75.5 Å². The third kappa shape index (κ3) is 7.06. The summed E-state index contributed by atoms with van der Waals surface area (Å²) < 4.78 is 10.0. The molecule has 0 saturated carbocycles.